The van der Waals surface area contributed by atoms with E-state index in [1.807, 2.05) is 0 Å². The van der Waals surface area contributed by atoms with Crippen molar-refractivity contribution in [2.45, 2.75) is 50.0 Å². The number of aliphatic hydroxyl groups is 1. The molecular formula is C14H21ClN2O3S. The molecule has 1 aliphatic carbocycles. The molecule has 0 atom stereocenters. The summed E-state index contributed by atoms with van der Waals surface area (Å²) in [6.07, 6.45) is 4.30. The maximum Gasteiger partial charge on any atom is 0.240 e. The molecule has 0 unspecified atom stereocenters. The third kappa shape index (κ3) is 4.39. The van der Waals surface area contributed by atoms with Crippen molar-refractivity contribution < 1.29 is 13.5 Å². The van der Waals surface area contributed by atoms with Gasteiger partial charge in [-0.2, -0.15) is 0 Å². The van der Waals surface area contributed by atoms with Gasteiger partial charge in [0.1, 0.15) is 5.15 Å². The molecule has 2 rings (SSSR count). The lowest BCUT2D eigenvalue weighted by molar-refractivity contribution is -0.0205. The molecule has 0 radical (unpaired) electrons. The molecule has 2 N–H and O–H groups in total. The number of rotatable bonds is 4. The first kappa shape index (κ1) is 16.7. The molecule has 0 bridgehead atoms. The molecule has 21 heavy (non-hydrogen) atoms. The Balaban J connectivity index is 2.02. The average Bonchev–Trinajstić information content (AvgIpc) is 2.41. The summed E-state index contributed by atoms with van der Waals surface area (Å²) < 4.78 is 26.9. The highest BCUT2D eigenvalue weighted by molar-refractivity contribution is 7.89. The van der Waals surface area contributed by atoms with Gasteiger partial charge in [0.25, 0.3) is 0 Å². The number of nitrogens with one attached hydrogen (secondary N) is 1. The molecule has 118 valence electrons. The summed E-state index contributed by atoms with van der Waals surface area (Å²) in [4.78, 5) is 3.81. The van der Waals surface area contributed by atoms with E-state index in [0.717, 1.165) is 12.8 Å². The first-order valence-electron chi connectivity index (χ1n) is 6.96. The number of hydrogen-bond acceptors (Lipinski definition) is 4. The summed E-state index contributed by atoms with van der Waals surface area (Å²) in [5, 5.41) is 10.6. The van der Waals surface area contributed by atoms with Crippen molar-refractivity contribution in [1.29, 1.82) is 0 Å². The van der Waals surface area contributed by atoms with Crippen LogP contribution in [0.3, 0.4) is 0 Å². The second-order valence-corrected chi connectivity index (χ2v) is 8.68. The Kier molecular flexibility index (Phi) is 4.63. The van der Waals surface area contributed by atoms with Gasteiger partial charge in [0.2, 0.25) is 10.0 Å². The van der Waals surface area contributed by atoms with Crippen LogP contribution in [0.2, 0.25) is 5.15 Å². The fraction of sp³-hybridized carbons (Fsp3) is 0.643. The van der Waals surface area contributed by atoms with Crippen LogP contribution in [-0.2, 0) is 10.0 Å². The SMILES string of the molecule is CC1(C)CCC(O)(CNS(=O)(=O)c2ccnc(Cl)c2)CC1. The van der Waals surface area contributed by atoms with Crippen molar-refractivity contribution in [2.75, 3.05) is 6.54 Å². The number of pyridine rings is 1. The first-order chi connectivity index (χ1) is 9.62. The highest BCUT2D eigenvalue weighted by Crippen LogP contribution is 2.39. The van der Waals surface area contributed by atoms with Gasteiger partial charge in [-0.15, -0.1) is 0 Å². The van der Waals surface area contributed by atoms with Crippen molar-refractivity contribution in [3.63, 3.8) is 0 Å². The second kappa shape index (κ2) is 5.83. The fourth-order valence-corrected chi connectivity index (χ4v) is 3.80. The number of aromatic nitrogens is 1. The fourth-order valence-electron chi connectivity index (χ4n) is 2.43. The molecule has 0 saturated heterocycles. The third-order valence-corrected chi connectivity index (χ3v) is 5.74. The summed E-state index contributed by atoms with van der Waals surface area (Å²) in [6, 6.07) is 2.67. The zero-order valence-electron chi connectivity index (χ0n) is 12.3. The smallest absolute Gasteiger partial charge is 0.240 e. The molecule has 7 heteroatoms. The van der Waals surface area contributed by atoms with Crippen LogP contribution in [0.4, 0.5) is 0 Å². The zero-order valence-corrected chi connectivity index (χ0v) is 13.8. The van der Waals surface area contributed by atoms with Crippen LogP contribution >= 0.6 is 11.6 Å². The Bertz CT molecular complexity index is 606. The van der Waals surface area contributed by atoms with Crippen molar-refractivity contribution in [1.82, 2.24) is 9.71 Å². The Morgan fingerprint density at radius 1 is 1.33 bits per heavy atom. The number of sulfonamides is 1. The quantitative estimate of drug-likeness (QED) is 0.829. The summed E-state index contributed by atoms with van der Waals surface area (Å²) in [5.74, 6) is 0. The highest BCUT2D eigenvalue weighted by atomic mass is 35.5. The van der Waals surface area contributed by atoms with Crippen LogP contribution in [0.1, 0.15) is 39.5 Å². The van der Waals surface area contributed by atoms with E-state index in [4.69, 9.17) is 11.6 Å². The molecule has 5 nitrogen and oxygen atoms in total. The molecule has 0 aromatic carbocycles. The first-order valence-corrected chi connectivity index (χ1v) is 8.82. The monoisotopic (exact) mass is 332 g/mol. The summed E-state index contributed by atoms with van der Waals surface area (Å²) in [5.41, 5.74) is -0.761. The lowest BCUT2D eigenvalue weighted by Gasteiger charge is -2.40. The number of nitrogens with zero attached hydrogens (tertiary/aromatic N) is 1. The molecule has 1 saturated carbocycles. The summed E-state index contributed by atoms with van der Waals surface area (Å²) in [7, 11) is -3.68. The second-order valence-electron chi connectivity index (χ2n) is 6.53. The van der Waals surface area contributed by atoms with E-state index in [2.05, 4.69) is 23.6 Å². The van der Waals surface area contributed by atoms with E-state index in [1.165, 1.54) is 18.3 Å². The topological polar surface area (TPSA) is 79.3 Å². The van der Waals surface area contributed by atoms with Crippen molar-refractivity contribution in [3.05, 3.63) is 23.5 Å². The lowest BCUT2D eigenvalue weighted by atomic mass is 9.71. The van der Waals surface area contributed by atoms with Gasteiger partial charge < -0.3 is 5.11 Å². The molecule has 0 amide bonds. The predicted octanol–water partition coefficient (Wildman–Crippen LogP) is 2.34. The maximum atomic E-state index is 12.2. The minimum absolute atomic E-state index is 0.0192. The largest absolute Gasteiger partial charge is 0.389 e. The van der Waals surface area contributed by atoms with Crippen molar-refractivity contribution in [3.8, 4) is 0 Å². The molecular weight excluding hydrogens is 312 g/mol. The van der Waals surface area contributed by atoms with E-state index >= 15 is 0 Å². The van der Waals surface area contributed by atoms with Crippen LogP contribution in [0.5, 0.6) is 0 Å². The van der Waals surface area contributed by atoms with Crippen LogP contribution in [-0.4, -0.2) is 30.7 Å². The van der Waals surface area contributed by atoms with Crippen LogP contribution < -0.4 is 4.72 Å². The number of halogens is 1. The molecule has 0 aliphatic heterocycles. The average molecular weight is 333 g/mol. The maximum absolute atomic E-state index is 12.2. The van der Waals surface area contributed by atoms with E-state index < -0.39 is 15.6 Å². The Morgan fingerprint density at radius 2 is 1.95 bits per heavy atom. The molecule has 0 spiro atoms. The van der Waals surface area contributed by atoms with Gasteiger partial charge >= 0.3 is 0 Å². The Hall–Kier alpha value is -0.690. The standard InChI is InChI=1S/C14H21ClN2O3S/c1-13(2)4-6-14(18,7-5-13)10-17-21(19,20)11-3-8-16-12(15)9-11/h3,8-9,17-18H,4-7,10H2,1-2H3. The number of hydrogen-bond donors (Lipinski definition) is 2. The van der Waals surface area contributed by atoms with Crippen LogP contribution in [0.25, 0.3) is 0 Å². The van der Waals surface area contributed by atoms with Gasteiger partial charge in [-0.25, -0.2) is 18.1 Å². The lowest BCUT2D eigenvalue weighted by Crippen LogP contribution is -2.46. The van der Waals surface area contributed by atoms with Gasteiger partial charge in [-0.3, -0.25) is 0 Å². The molecule has 1 aromatic heterocycles. The van der Waals surface area contributed by atoms with Gasteiger partial charge in [0.05, 0.1) is 10.5 Å². The minimum atomic E-state index is -3.68. The van der Waals surface area contributed by atoms with Crippen LogP contribution in [0.15, 0.2) is 23.2 Å². The third-order valence-electron chi connectivity index (χ3n) is 4.13. The Labute approximate surface area is 130 Å². The Morgan fingerprint density at radius 3 is 2.52 bits per heavy atom. The van der Waals surface area contributed by atoms with Gasteiger partial charge in [-0.05, 0) is 43.2 Å². The molecule has 1 fully saturated rings. The molecule has 1 aliphatic rings. The van der Waals surface area contributed by atoms with E-state index in [0.29, 0.717) is 12.8 Å². The predicted molar refractivity (Wildman–Crippen MR) is 81.6 cm³/mol. The molecule has 1 heterocycles. The van der Waals surface area contributed by atoms with E-state index in [-0.39, 0.29) is 22.0 Å². The highest BCUT2D eigenvalue weighted by Gasteiger charge is 2.37. The van der Waals surface area contributed by atoms with Crippen molar-refractivity contribution >= 4 is 21.6 Å². The molecule has 1 aromatic rings. The van der Waals surface area contributed by atoms with Gasteiger partial charge in [0.15, 0.2) is 0 Å². The minimum Gasteiger partial charge on any atom is -0.389 e. The van der Waals surface area contributed by atoms with Crippen LogP contribution in [0, 0.1) is 5.41 Å². The van der Waals surface area contributed by atoms with E-state index in [1.54, 1.807) is 0 Å². The van der Waals surface area contributed by atoms with Gasteiger partial charge in [0, 0.05) is 12.7 Å². The van der Waals surface area contributed by atoms with Crippen molar-refractivity contribution in [2.24, 2.45) is 5.41 Å². The van der Waals surface area contributed by atoms with Gasteiger partial charge in [-0.1, -0.05) is 25.4 Å². The normalized spacial score (nSPS) is 21.1. The summed E-state index contributed by atoms with van der Waals surface area (Å²) in [6.45, 7) is 4.34. The van der Waals surface area contributed by atoms with E-state index in [9.17, 15) is 13.5 Å². The zero-order chi connectivity index (χ0) is 15.7. The summed E-state index contributed by atoms with van der Waals surface area (Å²) >= 11 is 5.71.